The lowest BCUT2D eigenvalue weighted by atomic mass is 10.0. The molecule has 0 saturated heterocycles. The Morgan fingerprint density at radius 2 is 2.13 bits per heavy atom. The average Bonchev–Trinajstić information content (AvgIpc) is 2.22. The molecule has 1 rings (SSSR count). The third-order valence-electron chi connectivity index (χ3n) is 2.40. The molecule has 1 nitrogen and oxygen atoms in total. The molecular formula is C12H16ClFO. The van der Waals surface area contributed by atoms with Crippen molar-refractivity contribution in [3.63, 3.8) is 0 Å². The molecule has 0 aliphatic heterocycles. The summed E-state index contributed by atoms with van der Waals surface area (Å²) in [7, 11) is 0. The van der Waals surface area contributed by atoms with E-state index in [9.17, 15) is 9.50 Å². The molecule has 0 saturated carbocycles. The third kappa shape index (κ3) is 3.80. The van der Waals surface area contributed by atoms with Crippen LogP contribution in [0, 0.1) is 5.82 Å². The van der Waals surface area contributed by atoms with Gasteiger partial charge in [0.15, 0.2) is 0 Å². The van der Waals surface area contributed by atoms with Gasteiger partial charge in [-0.15, -0.1) is 0 Å². The first kappa shape index (κ1) is 12.5. The van der Waals surface area contributed by atoms with Gasteiger partial charge in [-0.2, -0.15) is 0 Å². The first-order chi connectivity index (χ1) is 7.15. The second kappa shape index (κ2) is 6.09. The van der Waals surface area contributed by atoms with Crippen LogP contribution in [-0.2, 0) is 0 Å². The van der Waals surface area contributed by atoms with Gasteiger partial charge in [0.2, 0.25) is 0 Å². The van der Waals surface area contributed by atoms with E-state index in [0.29, 0.717) is 17.0 Å². The van der Waals surface area contributed by atoms with Gasteiger partial charge in [0.05, 0.1) is 6.10 Å². The van der Waals surface area contributed by atoms with Crippen molar-refractivity contribution in [2.24, 2.45) is 0 Å². The highest BCUT2D eigenvalue weighted by molar-refractivity contribution is 6.30. The van der Waals surface area contributed by atoms with E-state index < -0.39 is 6.10 Å². The predicted molar refractivity (Wildman–Crippen MR) is 60.5 cm³/mol. The maximum Gasteiger partial charge on any atom is 0.129 e. The van der Waals surface area contributed by atoms with Crippen molar-refractivity contribution < 1.29 is 9.50 Å². The van der Waals surface area contributed by atoms with Crippen LogP contribution in [0.15, 0.2) is 18.2 Å². The summed E-state index contributed by atoms with van der Waals surface area (Å²) in [6, 6.07) is 4.27. The smallest absolute Gasteiger partial charge is 0.129 e. The minimum Gasteiger partial charge on any atom is -0.388 e. The van der Waals surface area contributed by atoms with Crippen LogP contribution >= 0.6 is 11.6 Å². The molecule has 1 atom stereocenters. The van der Waals surface area contributed by atoms with E-state index in [2.05, 4.69) is 6.92 Å². The van der Waals surface area contributed by atoms with Crippen LogP contribution in [0.4, 0.5) is 4.39 Å². The van der Waals surface area contributed by atoms with Crippen molar-refractivity contribution in [1.29, 1.82) is 0 Å². The van der Waals surface area contributed by atoms with Crippen LogP contribution in [0.25, 0.3) is 0 Å². The molecule has 1 aromatic rings. The Kier molecular flexibility index (Phi) is 5.06. The van der Waals surface area contributed by atoms with Crippen molar-refractivity contribution >= 4 is 11.6 Å². The minimum atomic E-state index is -0.741. The van der Waals surface area contributed by atoms with Crippen molar-refractivity contribution in [1.82, 2.24) is 0 Å². The molecule has 0 amide bonds. The molecule has 0 aliphatic rings. The Morgan fingerprint density at radius 3 is 2.80 bits per heavy atom. The van der Waals surface area contributed by atoms with Crippen molar-refractivity contribution in [2.45, 2.75) is 38.7 Å². The lowest BCUT2D eigenvalue weighted by molar-refractivity contribution is 0.159. The zero-order chi connectivity index (χ0) is 11.3. The number of hydrogen-bond acceptors (Lipinski definition) is 1. The van der Waals surface area contributed by atoms with Gasteiger partial charge in [-0.1, -0.05) is 37.8 Å². The molecule has 0 spiro atoms. The number of aliphatic hydroxyl groups excluding tert-OH is 1. The van der Waals surface area contributed by atoms with Crippen LogP contribution < -0.4 is 0 Å². The topological polar surface area (TPSA) is 20.2 Å². The second-order valence-corrected chi connectivity index (χ2v) is 4.11. The van der Waals surface area contributed by atoms with E-state index in [1.165, 1.54) is 18.2 Å². The van der Waals surface area contributed by atoms with Gasteiger partial charge in [0.25, 0.3) is 0 Å². The first-order valence-corrected chi connectivity index (χ1v) is 5.66. The molecule has 1 aromatic carbocycles. The van der Waals surface area contributed by atoms with Gasteiger partial charge in [-0.05, 0) is 24.6 Å². The maximum absolute atomic E-state index is 13.3. The fourth-order valence-corrected chi connectivity index (χ4v) is 1.69. The van der Waals surface area contributed by atoms with Gasteiger partial charge in [0.1, 0.15) is 5.82 Å². The molecule has 1 unspecified atom stereocenters. The molecule has 0 aromatic heterocycles. The summed E-state index contributed by atoms with van der Waals surface area (Å²) < 4.78 is 13.3. The van der Waals surface area contributed by atoms with Crippen LogP contribution in [0.5, 0.6) is 0 Å². The number of unbranched alkanes of at least 4 members (excludes halogenated alkanes) is 2. The average molecular weight is 231 g/mol. The van der Waals surface area contributed by atoms with Gasteiger partial charge in [0, 0.05) is 10.6 Å². The Labute approximate surface area is 94.9 Å². The molecule has 0 heterocycles. The Morgan fingerprint density at radius 1 is 1.40 bits per heavy atom. The summed E-state index contributed by atoms with van der Waals surface area (Å²) in [4.78, 5) is 0. The largest absolute Gasteiger partial charge is 0.388 e. The maximum atomic E-state index is 13.3. The quantitative estimate of drug-likeness (QED) is 0.756. The monoisotopic (exact) mass is 230 g/mol. The fraction of sp³-hybridized carbons (Fsp3) is 0.500. The summed E-state index contributed by atoms with van der Waals surface area (Å²) in [5.41, 5.74) is 0.304. The molecular weight excluding hydrogens is 215 g/mol. The lowest BCUT2D eigenvalue weighted by Gasteiger charge is -2.11. The molecule has 1 N–H and O–H groups in total. The normalized spacial score (nSPS) is 12.8. The van der Waals surface area contributed by atoms with Gasteiger partial charge >= 0.3 is 0 Å². The first-order valence-electron chi connectivity index (χ1n) is 5.28. The van der Waals surface area contributed by atoms with Gasteiger partial charge in [-0.25, -0.2) is 4.39 Å². The predicted octanol–water partition coefficient (Wildman–Crippen LogP) is 4.09. The van der Waals surface area contributed by atoms with E-state index in [1.54, 1.807) is 0 Å². The number of rotatable bonds is 5. The van der Waals surface area contributed by atoms with E-state index in [4.69, 9.17) is 11.6 Å². The Hall–Kier alpha value is -0.600. The lowest BCUT2D eigenvalue weighted by Crippen LogP contribution is -2.00. The molecule has 15 heavy (non-hydrogen) atoms. The second-order valence-electron chi connectivity index (χ2n) is 3.68. The highest BCUT2D eigenvalue weighted by Gasteiger charge is 2.12. The SMILES string of the molecule is CCCCCC(O)c1cc(Cl)ccc1F. The van der Waals surface area contributed by atoms with E-state index in [1.807, 2.05) is 0 Å². The summed E-state index contributed by atoms with van der Waals surface area (Å²) in [6.45, 7) is 2.09. The van der Waals surface area contributed by atoms with Crippen LogP contribution in [-0.4, -0.2) is 5.11 Å². The Balaban J connectivity index is 2.64. The summed E-state index contributed by atoms with van der Waals surface area (Å²) in [5, 5.41) is 10.2. The van der Waals surface area contributed by atoms with Crippen molar-refractivity contribution in [3.8, 4) is 0 Å². The van der Waals surface area contributed by atoms with Crippen LogP contribution in [0.2, 0.25) is 5.02 Å². The highest BCUT2D eigenvalue weighted by atomic mass is 35.5. The van der Waals surface area contributed by atoms with E-state index in [0.717, 1.165) is 19.3 Å². The third-order valence-corrected chi connectivity index (χ3v) is 2.63. The fourth-order valence-electron chi connectivity index (χ4n) is 1.51. The number of halogens is 2. The van der Waals surface area contributed by atoms with E-state index >= 15 is 0 Å². The number of aliphatic hydroxyl groups is 1. The zero-order valence-electron chi connectivity index (χ0n) is 8.84. The minimum absolute atomic E-state index is 0.304. The molecule has 0 bridgehead atoms. The molecule has 3 heteroatoms. The van der Waals surface area contributed by atoms with Crippen molar-refractivity contribution in [2.75, 3.05) is 0 Å². The van der Waals surface area contributed by atoms with Crippen LogP contribution in [0.3, 0.4) is 0 Å². The van der Waals surface area contributed by atoms with Gasteiger partial charge in [-0.3, -0.25) is 0 Å². The summed E-state index contributed by atoms with van der Waals surface area (Å²) >= 11 is 5.74. The van der Waals surface area contributed by atoms with Crippen LogP contribution in [0.1, 0.15) is 44.3 Å². The molecule has 0 radical (unpaired) electrons. The zero-order valence-corrected chi connectivity index (χ0v) is 9.60. The van der Waals surface area contributed by atoms with Crippen molar-refractivity contribution in [3.05, 3.63) is 34.6 Å². The number of benzene rings is 1. The standard InChI is InChI=1S/C12H16ClFO/c1-2-3-4-5-12(15)10-8-9(13)6-7-11(10)14/h6-8,12,15H,2-5H2,1H3. The van der Waals surface area contributed by atoms with Gasteiger partial charge < -0.3 is 5.11 Å². The Bertz CT molecular complexity index is 314. The highest BCUT2D eigenvalue weighted by Crippen LogP contribution is 2.25. The summed E-state index contributed by atoms with van der Waals surface area (Å²) in [6.07, 6.45) is 2.90. The number of hydrogen-bond donors (Lipinski definition) is 1. The molecule has 84 valence electrons. The summed E-state index contributed by atoms with van der Waals surface area (Å²) in [5.74, 6) is -0.386. The van der Waals surface area contributed by atoms with E-state index in [-0.39, 0.29) is 5.82 Å². The molecule has 0 fully saturated rings. The molecule has 0 aliphatic carbocycles.